The van der Waals surface area contributed by atoms with Gasteiger partial charge < -0.3 is 10.2 Å². The molecule has 0 bridgehead atoms. The van der Waals surface area contributed by atoms with Gasteiger partial charge in [0.05, 0.1) is 11.2 Å². The first kappa shape index (κ1) is 17.2. The van der Waals surface area contributed by atoms with Crippen molar-refractivity contribution in [2.24, 2.45) is 0 Å². The lowest BCUT2D eigenvalue weighted by molar-refractivity contribution is 0.206. The monoisotopic (exact) mass is 375 g/mol. The number of nitrogens with zero attached hydrogens (tertiary/aromatic N) is 4. The van der Waals surface area contributed by atoms with E-state index >= 15 is 0 Å². The van der Waals surface area contributed by atoms with Crippen molar-refractivity contribution in [2.75, 3.05) is 19.6 Å². The molecule has 5 rings (SSSR count). The highest BCUT2D eigenvalue weighted by molar-refractivity contribution is 5.85. The Morgan fingerprint density at radius 3 is 2.96 bits per heavy atom. The summed E-state index contributed by atoms with van der Waals surface area (Å²) < 4.78 is 2.14. The number of hydrogen-bond acceptors (Lipinski definition) is 3. The fourth-order valence-corrected chi connectivity index (χ4v) is 4.76. The number of carbonyl (C=O) groups is 1. The average molecular weight is 375 g/mol. The molecule has 1 fully saturated rings. The number of pyridine rings is 1. The van der Waals surface area contributed by atoms with Crippen LogP contribution in [0.4, 0.5) is 4.79 Å². The van der Waals surface area contributed by atoms with Crippen molar-refractivity contribution in [1.29, 1.82) is 0 Å². The summed E-state index contributed by atoms with van der Waals surface area (Å²) in [7, 11) is 0. The maximum atomic E-state index is 12.3. The van der Waals surface area contributed by atoms with Gasteiger partial charge in [0.2, 0.25) is 0 Å². The molecule has 2 aliphatic rings. The van der Waals surface area contributed by atoms with Crippen LogP contribution in [-0.2, 0) is 12.0 Å². The van der Waals surface area contributed by atoms with Gasteiger partial charge >= 0.3 is 6.03 Å². The van der Waals surface area contributed by atoms with E-state index in [4.69, 9.17) is 5.10 Å². The number of rotatable bonds is 2. The zero-order valence-corrected chi connectivity index (χ0v) is 16.4. The molecule has 4 heterocycles. The number of fused-ring (bicyclic) bond motifs is 3. The number of carbonyl (C=O) groups excluding carboxylic acids is 1. The van der Waals surface area contributed by atoms with Gasteiger partial charge in [-0.1, -0.05) is 12.1 Å². The number of likely N-dealkylation sites (tertiary alicyclic amines) is 1. The number of benzene rings is 1. The van der Waals surface area contributed by atoms with Gasteiger partial charge in [0, 0.05) is 54.4 Å². The zero-order valence-electron chi connectivity index (χ0n) is 16.4. The maximum Gasteiger partial charge on any atom is 0.317 e. The van der Waals surface area contributed by atoms with E-state index in [1.54, 1.807) is 0 Å². The molecule has 3 aromatic rings. The third kappa shape index (κ3) is 2.58. The Hall–Kier alpha value is -2.89. The average Bonchev–Trinajstić information content (AvgIpc) is 3.39. The normalized spacial score (nSPS) is 20.9. The number of nitrogens with one attached hydrogen (secondary N) is 1. The van der Waals surface area contributed by atoms with Crippen LogP contribution in [0.25, 0.3) is 22.2 Å². The highest BCUT2D eigenvalue weighted by atomic mass is 16.2. The lowest BCUT2D eigenvalue weighted by Crippen LogP contribution is -2.40. The largest absolute Gasteiger partial charge is 0.338 e. The molecule has 1 N–H and O–H groups in total. The van der Waals surface area contributed by atoms with Gasteiger partial charge in [0.25, 0.3) is 0 Å². The number of urea groups is 1. The molecule has 1 unspecified atom stereocenters. The van der Waals surface area contributed by atoms with Crippen LogP contribution in [0.5, 0.6) is 0 Å². The number of amides is 2. The van der Waals surface area contributed by atoms with E-state index in [2.05, 4.69) is 40.1 Å². The van der Waals surface area contributed by atoms with E-state index in [1.807, 2.05) is 30.2 Å². The van der Waals surface area contributed by atoms with Gasteiger partial charge in [-0.2, -0.15) is 5.10 Å². The molecule has 0 radical (unpaired) electrons. The summed E-state index contributed by atoms with van der Waals surface area (Å²) in [4.78, 5) is 18.9. The van der Waals surface area contributed by atoms with E-state index in [0.29, 0.717) is 6.54 Å². The quantitative estimate of drug-likeness (QED) is 0.746. The van der Waals surface area contributed by atoms with Crippen molar-refractivity contribution >= 4 is 16.9 Å². The summed E-state index contributed by atoms with van der Waals surface area (Å²) >= 11 is 0. The van der Waals surface area contributed by atoms with Gasteiger partial charge in [-0.15, -0.1) is 0 Å². The minimum atomic E-state index is 0.0382. The van der Waals surface area contributed by atoms with E-state index < -0.39 is 0 Å². The minimum Gasteiger partial charge on any atom is -0.338 e. The van der Waals surface area contributed by atoms with E-state index in [9.17, 15) is 4.79 Å². The molecule has 2 amide bonds. The maximum absolute atomic E-state index is 12.3. The van der Waals surface area contributed by atoms with Crippen molar-refractivity contribution in [1.82, 2.24) is 25.0 Å². The molecule has 1 aromatic carbocycles. The van der Waals surface area contributed by atoms with Crippen LogP contribution in [0.1, 0.15) is 31.0 Å². The number of aryl methyl sites for hydroxylation is 2. The topological polar surface area (TPSA) is 63.1 Å². The summed E-state index contributed by atoms with van der Waals surface area (Å²) in [6, 6.07) is 10.7. The van der Waals surface area contributed by atoms with E-state index in [1.165, 1.54) is 16.6 Å². The molecule has 1 spiro atoms. The predicted molar refractivity (Wildman–Crippen MR) is 109 cm³/mol. The van der Waals surface area contributed by atoms with Crippen molar-refractivity contribution in [2.45, 2.75) is 38.6 Å². The van der Waals surface area contributed by atoms with Crippen LogP contribution in [0.15, 0.2) is 36.5 Å². The van der Waals surface area contributed by atoms with Crippen LogP contribution in [0.3, 0.4) is 0 Å². The molecule has 144 valence electrons. The third-order valence-corrected chi connectivity index (χ3v) is 6.33. The molecule has 28 heavy (non-hydrogen) atoms. The summed E-state index contributed by atoms with van der Waals surface area (Å²) in [5.41, 5.74) is 5.57. The fourth-order valence-electron chi connectivity index (χ4n) is 4.76. The number of hydrogen-bond donors (Lipinski definition) is 1. The molecule has 0 aliphatic carbocycles. The molecular formula is C22H25N5O. The molecular weight excluding hydrogens is 350 g/mol. The van der Waals surface area contributed by atoms with Crippen LogP contribution in [0.2, 0.25) is 0 Å². The van der Waals surface area contributed by atoms with Crippen LogP contribution < -0.4 is 5.32 Å². The summed E-state index contributed by atoms with van der Waals surface area (Å²) in [5, 5.41) is 8.98. The second-order valence-corrected chi connectivity index (χ2v) is 8.04. The third-order valence-electron chi connectivity index (χ3n) is 6.33. The molecule has 1 saturated heterocycles. The van der Waals surface area contributed by atoms with Gasteiger partial charge in [-0.3, -0.25) is 9.67 Å². The minimum absolute atomic E-state index is 0.0382. The molecule has 0 saturated carbocycles. The lowest BCUT2D eigenvalue weighted by atomic mass is 9.82. The Labute approximate surface area is 164 Å². The Morgan fingerprint density at radius 2 is 2.11 bits per heavy atom. The van der Waals surface area contributed by atoms with E-state index in [-0.39, 0.29) is 11.4 Å². The first-order chi connectivity index (χ1) is 13.6. The van der Waals surface area contributed by atoms with Crippen molar-refractivity contribution in [3.8, 4) is 11.3 Å². The highest BCUT2D eigenvalue weighted by Crippen LogP contribution is 2.43. The zero-order chi connectivity index (χ0) is 19.3. The number of aromatic nitrogens is 3. The van der Waals surface area contributed by atoms with Gasteiger partial charge in [0.1, 0.15) is 0 Å². The van der Waals surface area contributed by atoms with Gasteiger partial charge in [-0.05, 0) is 50.5 Å². The summed E-state index contributed by atoms with van der Waals surface area (Å²) in [6.45, 7) is 7.24. The SMILES string of the molecule is CCNC(=O)N1CCC2(CCn3nc(-c4cnc5cccc(C)c5c4)cc32)C1. The van der Waals surface area contributed by atoms with Crippen molar-refractivity contribution in [3.63, 3.8) is 0 Å². The Bertz CT molecular complexity index is 1070. The van der Waals surface area contributed by atoms with Crippen LogP contribution in [0, 0.1) is 6.92 Å². The van der Waals surface area contributed by atoms with Gasteiger partial charge in [-0.25, -0.2) is 4.79 Å². The Kier molecular flexibility index (Phi) is 3.89. The Morgan fingerprint density at radius 1 is 1.25 bits per heavy atom. The molecule has 6 heteroatoms. The second-order valence-electron chi connectivity index (χ2n) is 8.04. The van der Waals surface area contributed by atoms with Gasteiger partial charge in [0.15, 0.2) is 0 Å². The molecule has 2 aromatic heterocycles. The van der Waals surface area contributed by atoms with Crippen molar-refractivity contribution < 1.29 is 4.79 Å². The summed E-state index contributed by atoms with van der Waals surface area (Å²) in [6.07, 6.45) is 3.98. The first-order valence-electron chi connectivity index (χ1n) is 10.1. The summed E-state index contributed by atoms with van der Waals surface area (Å²) in [5.74, 6) is 0. The van der Waals surface area contributed by atoms with Crippen LogP contribution in [-0.4, -0.2) is 45.3 Å². The van der Waals surface area contributed by atoms with Crippen LogP contribution >= 0.6 is 0 Å². The fraction of sp³-hybridized carbons (Fsp3) is 0.409. The molecule has 6 nitrogen and oxygen atoms in total. The standard InChI is InChI=1S/C22H25N5O/c1-3-23-21(28)26-9-7-22(14-26)8-10-27-20(22)12-19(25-27)16-11-17-15(2)5-4-6-18(17)24-13-16/h4-6,11-13H,3,7-10,14H2,1-2H3,(H,23,28). The lowest BCUT2D eigenvalue weighted by Gasteiger charge is -2.23. The van der Waals surface area contributed by atoms with Crippen molar-refractivity contribution in [3.05, 3.63) is 47.8 Å². The second kappa shape index (κ2) is 6.33. The highest BCUT2D eigenvalue weighted by Gasteiger charge is 2.46. The predicted octanol–water partition coefficient (Wildman–Crippen LogP) is 3.48. The molecule has 1 atom stereocenters. The van der Waals surface area contributed by atoms with E-state index in [0.717, 1.165) is 49.2 Å². The molecule has 2 aliphatic heterocycles. The first-order valence-corrected chi connectivity index (χ1v) is 10.1. The smallest absolute Gasteiger partial charge is 0.317 e. The Balaban J connectivity index is 1.48.